The third-order valence-corrected chi connectivity index (χ3v) is 4.93. The molecule has 4 nitrogen and oxygen atoms in total. The number of carbonyl (C=O) groups is 1. The van der Waals surface area contributed by atoms with E-state index in [0.717, 1.165) is 23.3 Å². The Balaban J connectivity index is 1.73. The Morgan fingerprint density at radius 2 is 1.50 bits per heavy atom. The molecular weight excluding hydrogens is 422 g/mol. The Bertz CT molecular complexity index is 1260. The highest BCUT2D eigenvalue weighted by atomic mass is 19.4. The minimum atomic E-state index is -4.49. The van der Waals surface area contributed by atoms with Crippen molar-refractivity contribution >= 4 is 5.91 Å². The number of halogens is 4. The van der Waals surface area contributed by atoms with Gasteiger partial charge in [0.15, 0.2) is 0 Å². The van der Waals surface area contributed by atoms with Gasteiger partial charge in [-0.05, 0) is 41.5 Å². The number of aromatic nitrogens is 2. The van der Waals surface area contributed by atoms with Gasteiger partial charge in [-0.2, -0.15) is 18.3 Å². The van der Waals surface area contributed by atoms with E-state index >= 15 is 0 Å². The lowest BCUT2D eigenvalue weighted by molar-refractivity contribution is -0.137. The Hall–Kier alpha value is -3.94. The summed E-state index contributed by atoms with van der Waals surface area (Å²) >= 11 is 0. The van der Waals surface area contributed by atoms with E-state index in [2.05, 4.69) is 5.10 Å². The number of carbonyl (C=O) groups excluding carboxylic acids is 1. The van der Waals surface area contributed by atoms with Crippen molar-refractivity contribution < 1.29 is 22.4 Å². The molecule has 4 aromatic rings. The normalized spacial score (nSPS) is 11.5. The number of nitrogens with zero attached hydrogens (tertiary/aromatic N) is 2. The first-order chi connectivity index (χ1) is 15.2. The fraction of sp³-hybridized carbons (Fsp3) is 0.0833. The monoisotopic (exact) mass is 439 g/mol. The van der Waals surface area contributed by atoms with Crippen LogP contribution in [0.15, 0.2) is 79.0 Å². The second-order valence-electron chi connectivity index (χ2n) is 7.22. The molecule has 32 heavy (non-hydrogen) atoms. The van der Waals surface area contributed by atoms with Crippen LogP contribution in [0.2, 0.25) is 0 Å². The van der Waals surface area contributed by atoms with Crippen LogP contribution in [0, 0.1) is 5.82 Å². The van der Waals surface area contributed by atoms with Crippen LogP contribution in [0.1, 0.15) is 11.1 Å². The van der Waals surface area contributed by atoms with E-state index in [1.165, 1.54) is 35.1 Å². The number of alkyl halides is 3. The Morgan fingerprint density at radius 1 is 0.906 bits per heavy atom. The molecule has 0 saturated carbocycles. The zero-order valence-corrected chi connectivity index (χ0v) is 16.6. The third-order valence-electron chi connectivity index (χ3n) is 4.93. The molecule has 0 fully saturated rings. The molecular formula is C24H17F4N3O. The summed E-state index contributed by atoms with van der Waals surface area (Å²) in [4.78, 5) is 11.6. The summed E-state index contributed by atoms with van der Waals surface area (Å²) in [6.45, 7) is 0. The standard InChI is InChI=1S/C24H17F4N3O/c25-20-10-8-16(9-11-20)15-4-6-17(7-5-15)23-18(12-22(29)32)14-31(30-23)21-3-1-2-19(13-21)24(26,27)28/h1-11,13-14H,12H2,(H2,29,32). The van der Waals surface area contributed by atoms with Crippen LogP contribution in [0.5, 0.6) is 0 Å². The minimum Gasteiger partial charge on any atom is -0.369 e. The quantitative estimate of drug-likeness (QED) is 0.424. The second-order valence-corrected chi connectivity index (χ2v) is 7.22. The molecule has 0 spiro atoms. The minimum absolute atomic E-state index is 0.117. The molecule has 0 radical (unpaired) electrons. The van der Waals surface area contributed by atoms with E-state index < -0.39 is 17.6 Å². The van der Waals surface area contributed by atoms with Gasteiger partial charge in [-0.25, -0.2) is 9.07 Å². The predicted molar refractivity (Wildman–Crippen MR) is 112 cm³/mol. The molecule has 2 N–H and O–H groups in total. The van der Waals surface area contributed by atoms with E-state index in [1.807, 2.05) is 12.1 Å². The summed E-state index contributed by atoms with van der Waals surface area (Å²) in [5.74, 6) is -0.917. The maximum Gasteiger partial charge on any atom is 0.416 e. The van der Waals surface area contributed by atoms with Crippen molar-refractivity contribution in [1.82, 2.24) is 9.78 Å². The highest BCUT2D eigenvalue weighted by molar-refractivity contribution is 5.80. The fourth-order valence-corrected chi connectivity index (χ4v) is 3.39. The van der Waals surface area contributed by atoms with Gasteiger partial charge >= 0.3 is 6.18 Å². The fourth-order valence-electron chi connectivity index (χ4n) is 3.39. The summed E-state index contributed by atoms with van der Waals surface area (Å²) in [6, 6.07) is 18.0. The number of hydrogen-bond acceptors (Lipinski definition) is 2. The molecule has 1 aromatic heterocycles. The highest BCUT2D eigenvalue weighted by Gasteiger charge is 2.30. The second kappa shape index (κ2) is 8.30. The number of hydrogen-bond donors (Lipinski definition) is 1. The molecule has 0 saturated heterocycles. The van der Waals surface area contributed by atoms with Gasteiger partial charge in [0, 0.05) is 17.3 Å². The van der Waals surface area contributed by atoms with Gasteiger partial charge in [0.2, 0.25) is 5.91 Å². The topological polar surface area (TPSA) is 60.9 Å². The zero-order valence-electron chi connectivity index (χ0n) is 16.6. The molecule has 8 heteroatoms. The van der Waals surface area contributed by atoms with Crippen LogP contribution in [0.25, 0.3) is 28.1 Å². The molecule has 0 aliphatic heterocycles. The van der Waals surface area contributed by atoms with Gasteiger partial charge in [-0.3, -0.25) is 4.79 Å². The number of amides is 1. The van der Waals surface area contributed by atoms with Crippen LogP contribution in [0.4, 0.5) is 17.6 Å². The average Bonchev–Trinajstić information content (AvgIpc) is 3.17. The van der Waals surface area contributed by atoms with Crippen molar-refractivity contribution in [2.24, 2.45) is 5.73 Å². The number of nitrogens with two attached hydrogens (primary N) is 1. The largest absolute Gasteiger partial charge is 0.416 e. The van der Waals surface area contributed by atoms with Crippen molar-refractivity contribution in [3.8, 4) is 28.1 Å². The van der Waals surface area contributed by atoms with Crippen molar-refractivity contribution in [3.05, 3.63) is 95.9 Å². The molecule has 1 heterocycles. The smallest absolute Gasteiger partial charge is 0.369 e. The SMILES string of the molecule is NC(=O)Cc1cn(-c2cccc(C(F)(F)F)c2)nc1-c1ccc(-c2ccc(F)cc2)cc1. The first-order valence-corrected chi connectivity index (χ1v) is 9.61. The van der Waals surface area contributed by atoms with Crippen LogP contribution in [0.3, 0.4) is 0 Å². The van der Waals surface area contributed by atoms with Gasteiger partial charge in [0.25, 0.3) is 0 Å². The Kier molecular flexibility index (Phi) is 5.52. The van der Waals surface area contributed by atoms with Crippen LogP contribution in [-0.4, -0.2) is 15.7 Å². The lowest BCUT2D eigenvalue weighted by Crippen LogP contribution is -2.13. The van der Waals surface area contributed by atoms with Crippen LogP contribution in [-0.2, 0) is 17.4 Å². The van der Waals surface area contributed by atoms with E-state index in [1.54, 1.807) is 24.3 Å². The zero-order chi connectivity index (χ0) is 22.9. The van der Waals surface area contributed by atoms with Gasteiger partial charge in [-0.15, -0.1) is 0 Å². The average molecular weight is 439 g/mol. The number of primary amides is 1. The molecule has 4 rings (SSSR count). The Labute approximate surface area is 180 Å². The first kappa shape index (κ1) is 21.3. The third kappa shape index (κ3) is 4.54. The maximum absolute atomic E-state index is 13.2. The molecule has 162 valence electrons. The Morgan fingerprint density at radius 3 is 2.09 bits per heavy atom. The summed E-state index contributed by atoms with van der Waals surface area (Å²) < 4.78 is 53.7. The molecule has 0 unspecified atom stereocenters. The molecule has 0 aliphatic carbocycles. The van der Waals surface area contributed by atoms with E-state index in [-0.39, 0.29) is 17.9 Å². The highest BCUT2D eigenvalue weighted by Crippen LogP contribution is 2.31. The van der Waals surface area contributed by atoms with Crippen molar-refractivity contribution in [3.63, 3.8) is 0 Å². The molecule has 1 amide bonds. The van der Waals surface area contributed by atoms with Gasteiger partial charge in [0.1, 0.15) is 5.82 Å². The molecule has 3 aromatic carbocycles. The maximum atomic E-state index is 13.2. The van der Waals surface area contributed by atoms with Crippen LogP contribution < -0.4 is 5.73 Å². The van der Waals surface area contributed by atoms with Crippen molar-refractivity contribution in [2.45, 2.75) is 12.6 Å². The summed E-state index contributed by atoms with van der Waals surface area (Å²) in [5, 5.41) is 4.43. The summed E-state index contributed by atoms with van der Waals surface area (Å²) in [7, 11) is 0. The van der Waals surface area contributed by atoms with E-state index in [9.17, 15) is 22.4 Å². The lowest BCUT2D eigenvalue weighted by atomic mass is 10.0. The molecule has 0 aliphatic rings. The predicted octanol–water partition coefficient (Wildman–Crippen LogP) is 5.39. The van der Waals surface area contributed by atoms with Gasteiger partial charge in [0.05, 0.1) is 23.4 Å². The molecule has 0 bridgehead atoms. The van der Waals surface area contributed by atoms with Gasteiger partial charge < -0.3 is 5.73 Å². The lowest BCUT2D eigenvalue weighted by Gasteiger charge is -2.08. The molecule has 0 atom stereocenters. The van der Waals surface area contributed by atoms with Crippen molar-refractivity contribution in [2.75, 3.05) is 0 Å². The summed E-state index contributed by atoms with van der Waals surface area (Å²) in [6.07, 6.45) is -3.10. The van der Waals surface area contributed by atoms with Crippen LogP contribution >= 0.6 is 0 Å². The van der Waals surface area contributed by atoms with Gasteiger partial charge in [-0.1, -0.05) is 42.5 Å². The number of benzene rings is 3. The van der Waals surface area contributed by atoms with Crippen molar-refractivity contribution in [1.29, 1.82) is 0 Å². The van der Waals surface area contributed by atoms with E-state index in [4.69, 9.17) is 5.73 Å². The first-order valence-electron chi connectivity index (χ1n) is 9.61. The summed E-state index contributed by atoms with van der Waals surface area (Å²) in [5.41, 5.74) is 8.03. The van der Waals surface area contributed by atoms with E-state index in [0.29, 0.717) is 16.8 Å². The number of rotatable bonds is 5.